The first-order valence-electron chi connectivity index (χ1n) is 3.40. The molecule has 1 unspecified atom stereocenters. The van der Waals surface area contributed by atoms with Crippen molar-refractivity contribution in [3.05, 3.63) is 0 Å². The number of hydrogen-bond donors (Lipinski definition) is 0. The van der Waals surface area contributed by atoms with Gasteiger partial charge in [0.2, 0.25) is 0 Å². The van der Waals surface area contributed by atoms with E-state index in [-0.39, 0.29) is 0 Å². The molecule has 0 fully saturated rings. The van der Waals surface area contributed by atoms with Gasteiger partial charge in [0.1, 0.15) is 0 Å². The molecule has 0 saturated carbocycles. The summed E-state index contributed by atoms with van der Waals surface area (Å²) in [6.07, 6.45) is -19.0. The highest BCUT2D eigenvalue weighted by Gasteiger charge is 2.70. The van der Waals surface area contributed by atoms with Gasteiger partial charge in [-0.1, -0.05) is 0 Å². The quantitative estimate of drug-likeness (QED) is 0.721. The van der Waals surface area contributed by atoms with E-state index in [0.29, 0.717) is 0 Å². The van der Waals surface area contributed by atoms with Gasteiger partial charge in [-0.15, -0.1) is 4.94 Å². The number of halogens is 10. The molecule has 0 N–H and O–H groups in total. The zero-order valence-corrected chi connectivity index (χ0v) is 7.30. The summed E-state index contributed by atoms with van der Waals surface area (Å²) in [6.45, 7) is -3.24. The molecule has 104 valence electrons. The third-order valence-electron chi connectivity index (χ3n) is 1.32. The van der Waals surface area contributed by atoms with Crippen LogP contribution in [0.4, 0.5) is 44.0 Å². The largest absolute Gasteiger partial charge is 0.478 e. The maximum absolute atomic E-state index is 12.5. The summed E-state index contributed by atoms with van der Waals surface area (Å²) in [5.74, 6) is -5.72. The second-order valence-electron chi connectivity index (χ2n) is 2.57. The summed E-state index contributed by atoms with van der Waals surface area (Å²) in [5.41, 5.74) is 0. The molecule has 0 aliphatic heterocycles. The van der Waals surface area contributed by atoms with Crippen molar-refractivity contribution in [1.29, 1.82) is 0 Å². The van der Waals surface area contributed by atoms with Crippen LogP contribution in [0.15, 0.2) is 0 Å². The van der Waals surface area contributed by atoms with Crippen molar-refractivity contribution in [2.45, 2.75) is 24.2 Å². The monoisotopic (exact) mass is 284 g/mol. The van der Waals surface area contributed by atoms with Gasteiger partial charge in [0.05, 0.1) is 0 Å². The van der Waals surface area contributed by atoms with Crippen molar-refractivity contribution in [1.82, 2.24) is 0 Å². The van der Waals surface area contributed by atoms with Gasteiger partial charge < -0.3 is 0 Å². The minimum atomic E-state index is -6.38. The predicted molar refractivity (Wildman–Crippen MR) is 29.0 cm³/mol. The molecule has 0 rings (SSSR count). The Bertz CT molecular complexity index is 262. The number of ether oxygens (including phenoxy) is 1. The number of rotatable bonds is 5. The Morgan fingerprint density at radius 1 is 0.765 bits per heavy atom. The van der Waals surface area contributed by atoms with Crippen LogP contribution in [0.3, 0.4) is 0 Å². The zero-order valence-electron chi connectivity index (χ0n) is 7.30. The van der Waals surface area contributed by atoms with Crippen LogP contribution in [0.5, 0.6) is 0 Å². The Hall–Kier alpha value is -0.780. The minimum Gasteiger partial charge on any atom is -0.265 e. The Labute approximate surface area is 86.0 Å². The van der Waals surface area contributed by atoms with Gasteiger partial charge in [0.25, 0.3) is 0 Å². The molecule has 0 aromatic heterocycles. The van der Waals surface area contributed by atoms with Crippen LogP contribution in [-0.4, -0.2) is 30.9 Å². The lowest BCUT2D eigenvalue weighted by Gasteiger charge is -2.30. The molecule has 0 aliphatic rings. The fourth-order valence-corrected chi connectivity index (χ4v) is 0.468. The Morgan fingerprint density at radius 2 is 1.18 bits per heavy atom. The third kappa shape index (κ3) is 3.12. The van der Waals surface area contributed by atoms with E-state index in [1.165, 1.54) is 4.94 Å². The molecule has 0 saturated heterocycles. The van der Waals surface area contributed by atoms with Crippen molar-refractivity contribution >= 4 is 0 Å². The van der Waals surface area contributed by atoms with E-state index in [1.807, 2.05) is 4.74 Å². The van der Waals surface area contributed by atoms with E-state index in [4.69, 9.17) is 0 Å². The third-order valence-corrected chi connectivity index (χ3v) is 1.32. The molecule has 0 spiro atoms. The van der Waals surface area contributed by atoms with Gasteiger partial charge in [-0.25, -0.2) is 4.39 Å². The maximum atomic E-state index is 12.5. The van der Waals surface area contributed by atoms with Crippen molar-refractivity contribution in [2.24, 2.45) is 0 Å². The predicted octanol–water partition coefficient (Wildman–Crippen LogP) is 3.29. The fourth-order valence-electron chi connectivity index (χ4n) is 0.468. The second kappa shape index (κ2) is 4.48. The Morgan fingerprint density at radius 3 is 1.41 bits per heavy atom. The first-order valence-corrected chi connectivity index (χ1v) is 3.40. The topological polar surface area (TPSA) is 18.5 Å². The fraction of sp³-hybridized carbons (Fsp3) is 1.00. The normalized spacial score (nSPS) is 18.0. The van der Waals surface area contributed by atoms with E-state index in [0.717, 1.165) is 0 Å². The van der Waals surface area contributed by atoms with Gasteiger partial charge in [0, 0.05) is 0 Å². The van der Waals surface area contributed by atoms with Gasteiger partial charge in [-0.05, 0) is 4.53 Å². The Balaban J connectivity index is 5.17. The van der Waals surface area contributed by atoms with E-state index in [2.05, 4.69) is 0 Å². The van der Waals surface area contributed by atoms with Gasteiger partial charge in [-0.3, -0.25) is 4.74 Å². The van der Waals surface area contributed by atoms with Crippen LogP contribution in [0.2, 0.25) is 0 Å². The van der Waals surface area contributed by atoms with Crippen molar-refractivity contribution < 1.29 is 53.7 Å². The van der Waals surface area contributed by atoms with E-state index in [1.54, 1.807) is 0 Å². The maximum Gasteiger partial charge on any atom is 0.478 e. The number of alkyl halides is 9. The highest BCUT2D eigenvalue weighted by atomic mass is 19.4. The van der Waals surface area contributed by atoms with Crippen molar-refractivity contribution in [2.75, 3.05) is 6.67 Å². The lowest BCUT2D eigenvalue weighted by molar-refractivity contribution is -0.520. The van der Waals surface area contributed by atoms with E-state index in [9.17, 15) is 44.0 Å². The Kier molecular flexibility index (Phi) is 4.27. The molecule has 0 radical (unpaired) electrons. The number of hydrogen-bond acceptors (Lipinski definition) is 2. The van der Waals surface area contributed by atoms with E-state index < -0.39 is 30.9 Å². The van der Waals surface area contributed by atoms with Gasteiger partial charge in [0.15, 0.2) is 6.67 Å². The van der Waals surface area contributed by atoms with Crippen LogP contribution < -0.4 is 0 Å². The van der Waals surface area contributed by atoms with E-state index >= 15 is 0 Å². The highest BCUT2D eigenvalue weighted by Crippen LogP contribution is 2.45. The molecule has 17 heavy (non-hydrogen) atoms. The minimum absolute atomic E-state index is 1.34. The van der Waals surface area contributed by atoms with Crippen LogP contribution >= 0.6 is 0 Å². The summed E-state index contributed by atoms with van der Waals surface area (Å²) < 4.78 is 120. The lowest BCUT2D eigenvalue weighted by atomic mass is 10.3. The first-order chi connectivity index (χ1) is 7.33. The van der Waals surface area contributed by atoms with Crippen LogP contribution in [-0.2, 0) is 9.68 Å². The molecule has 2 nitrogen and oxygen atoms in total. The molecular weight excluding hydrogens is 282 g/mol. The van der Waals surface area contributed by atoms with Gasteiger partial charge >= 0.3 is 24.2 Å². The standard InChI is InChI=1S/C5H2F10O2/c6-1-2(7,3(8,9)10)16-4(11,12)5(13,14)17-15/h1H2. The SMILES string of the molecule is FCC(F)(OC(F)(F)C(F)(F)OF)C(F)(F)F. The summed E-state index contributed by atoms with van der Waals surface area (Å²) >= 11 is 0. The van der Waals surface area contributed by atoms with Crippen LogP contribution in [0.1, 0.15) is 0 Å². The molecule has 0 amide bonds. The average molecular weight is 284 g/mol. The highest BCUT2D eigenvalue weighted by molar-refractivity contribution is 4.80. The summed E-state index contributed by atoms with van der Waals surface area (Å²) in [7, 11) is 0. The molecule has 0 bridgehead atoms. The first kappa shape index (κ1) is 16.2. The van der Waals surface area contributed by atoms with Crippen LogP contribution in [0, 0.1) is 0 Å². The summed E-state index contributed by atoms with van der Waals surface area (Å²) in [4.78, 5) is 1.34. The average Bonchev–Trinajstić information content (AvgIpc) is 2.14. The molecule has 0 aliphatic carbocycles. The van der Waals surface area contributed by atoms with Crippen molar-refractivity contribution in [3.8, 4) is 0 Å². The molecule has 0 aromatic rings. The zero-order chi connectivity index (χ0) is 14.1. The molecule has 0 aromatic carbocycles. The summed E-state index contributed by atoms with van der Waals surface area (Å²) in [6, 6.07) is 0. The second-order valence-corrected chi connectivity index (χ2v) is 2.57. The molecule has 0 heterocycles. The molecular formula is C5H2F10O2. The summed E-state index contributed by atoms with van der Waals surface area (Å²) in [5, 5.41) is 0. The van der Waals surface area contributed by atoms with Crippen LogP contribution in [0.25, 0.3) is 0 Å². The van der Waals surface area contributed by atoms with Crippen molar-refractivity contribution in [3.63, 3.8) is 0 Å². The molecule has 12 heteroatoms. The van der Waals surface area contributed by atoms with Gasteiger partial charge in [-0.2, -0.15) is 35.1 Å². The lowest BCUT2D eigenvalue weighted by Crippen LogP contribution is -2.55. The molecule has 1 atom stereocenters. The smallest absolute Gasteiger partial charge is 0.265 e.